The number of carbonyl (C=O) groups is 3. The van der Waals surface area contributed by atoms with Crippen molar-refractivity contribution in [2.75, 3.05) is 57.8 Å². The Hall–Kier alpha value is -3.79. The molecule has 5 aliphatic rings. The second kappa shape index (κ2) is 14.8. The molecule has 7 atom stereocenters. The number of aromatic nitrogens is 1. The second-order valence-corrected chi connectivity index (χ2v) is 16.9. The van der Waals surface area contributed by atoms with Crippen LogP contribution in [0.2, 0.25) is 0 Å². The van der Waals surface area contributed by atoms with Gasteiger partial charge in [0.2, 0.25) is 11.3 Å². The van der Waals surface area contributed by atoms with Crippen LogP contribution in [-0.4, -0.2) is 132 Å². The summed E-state index contributed by atoms with van der Waals surface area (Å²) in [6, 6.07) is 0.559. The fourth-order valence-corrected chi connectivity index (χ4v) is 9.74. The Kier molecular flexibility index (Phi) is 10.9. The van der Waals surface area contributed by atoms with Crippen LogP contribution >= 0.6 is 11.8 Å². The first-order valence-corrected chi connectivity index (χ1v) is 19.7. The number of thioether (sulfide) groups is 1. The number of likely N-dealkylation sites (N-methyl/N-ethyl adjacent to an activating group) is 1. The SMILES string of the molecule is C[C@@H](O)[C@H]1C(=O)N2C(C(=O)O)=C(S[C@@H]3CN[C@H](CNS(N)(=O)=O)C3)[C@H](C)[C@H]12.C[C@H]1COc2c(N3CCN(C)CC3)c(F)cc3c(=O)c(C(=O)O)cn1c23. The number of carboxylic acids is 2. The lowest BCUT2D eigenvalue weighted by molar-refractivity contribution is -0.163. The highest BCUT2D eigenvalue weighted by Crippen LogP contribution is 2.52. The molecule has 7 N–H and O–H groups in total. The molecule has 0 bridgehead atoms. The molecule has 0 unspecified atom stereocenters. The highest BCUT2D eigenvalue weighted by Gasteiger charge is 2.60. The molecule has 0 aliphatic carbocycles. The second-order valence-electron chi connectivity index (χ2n) is 14.2. The summed E-state index contributed by atoms with van der Waals surface area (Å²) < 4.78 is 46.8. The zero-order valence-electron chi connectivity index (χ0n) is 29.6. The Morgan fingerprint density at radius 3 is 2.45 bits per heavy atom. The van der Waals surface area contributed by atoms with Crippen molar-refractivity contribution in [1.82, 2.24) is 24.4 Å². The minimum atomic E-state index is -3.76. The molecule has 53 heavy (non-hydrogen) atoms. The molecule has 17 nitrogen and oxygen atoms in total. The number of rotatable bonds is 9. The molecule has 1 amide bonds. The minimum absolute atomic E-state index is 0.00510. The van der Waals surface area contributed by atoms with Crippen LogP contribution in [-0.2, 0) is 19.8 Å². The Morgan fingerprint density at radius 1 is 1.17 bits per heavy atom. The molecule has 1 aromatic carbocycles. The number of aliphatic carboxylic acids is 1. The lowest BCUT2D eigenvalue weighted by atomic mass is 9.79. The number of aliphatic hydroxyl groups excluding tert-OH is 1. The molecule has 1 aromatic heterocycles. The van der Waals surface area contributed by atoms with E-state index in [4.69, 9.17) is 9.88 Å². The number of nitrogens with one attached hydrogen (secondary N) is 2. The van der Waals surface area contributed by atoms with Crippen molar-refractivity contribution in [3.8, 4) is 5.75 Å². The zero-order chi connectivity index (χ0) is 38.7. The lowest BCUT2D eigenvalue weighted by Gasteiger charge is -2.46. The van der Waals surface area contributed by atoms with E-state index >= 15 is 0 Å². The molecule has 0 spiro atoms. The number of β-lactam (4-membered cyclic amide) rings is 1. The Morgan fingerprint density at radius 2 is 1.85 bits per heavy atom. The van der Waals surface area contributed by atoms with Crippen molar-refractivity contribution in [2.45, 2.75) is 56.7 Å². The molecule has 5 aliphatic heterocycles. The molecule has 7 rings (SSSR count). The maximum atomic E-state index is 15.0. The Labute approximate surface area is 309 Å². The van der Waals surface area contributed by atoms with Gasteiger partial charge in [-0.25, -0.2) is 23.8 Å². The average Bonchev–Trinajstić information content (AvgIpc) is 3.63. The lowest BCUT2D eigenvalue weighted by Crippen LogP contribution is -2.63. The number of piperazine rings is 1. The van der Waals surface area contributed by atoms with Crippen LogP contribution < -0.4 is 30.2 Å². The number of amides is 1. The number of fused-ring (bicyclic) bond motifs is 1. The summed E-state index contributed by atoms with van der Waals surface area (Å²) in [4.78, 5) is 54.1. The molecule has 3 fully saturated rings. The van der Waals surface area contributed by atoms with Gasteiger partial charge in [0.25, 0.3) is 10.2 Å². The minimum Gasteiger partial charge on any atom is -0.487 e. The number of benzene rings is 1. The molecule has 2 aromatic rings. The topological polar surface area (TPSA) is 237 Å². The molecule has 0 radical (unpaired) electrons. The van der Waals surface area contributed by atoms with Gasteiger partial charge in [0.15, 0.2) is 11.6 Å². The first-order chi connectivity index (χ1) is 24.9. The molecular weight excluding hydrogens is 738 g/mol. The monoisotopic (exact) mass is 781 g/mol. The molecular formula is C33H44FN7O10S2. The van der Waals surface area contributed by atoms with Crippen LogP contribution in [0.5, 0.6) is 5.75 Å². The van der Waals surface area contributed by atoms with E-state index in [-0.39, 0.29) is 65.0 Å². The van der Waals surface area contributed by atoms with Gasteiger partial charge < -0.3 is 44.6 Å². The normalized spacial score (nSPS) is 27.6. The van der Waals surface area contributed by atoms with Gasteiger partial charge >= 0.3 is 11.9 Å². The number of halogens is 1. The van der Waals surface area contributed by atoms with Gasteiger partial charge in [0, 0.05) is 67.6 Å². The molecule has 20 heteroatoms. The average molecular weight is 782 g/mol. The standard InChI is InChI=1S/C18H20FN3O4.C15H24N4O6S2/c1-10-9-26-17-14-11(16(23)12(18(24)25)8-22(10)14)7-13(19)15(17)21-5-3-20(2)4-6-21;1-6-11-10(7(2)20)14(21)19(11)12(15(22)23)13(6)26-9-3-8(17-5-9)4-18-27(16,24)25/h7-8,10H,3-6,9H2,1-2H3,(H,24,25);6-11,17-18,20H,3-5H2,1-2H3,(H,22,23)(H2,16,24,25)/t10-;6-,7-,8+,9+,10-,11-/m01/s1. The van der Waals surface area contributed by atoms with Crippen molar-refractivity contribution in [3.05, 3.63) is 44.5 Å². The highest BCUT2D eigenvalue weighted by molar-refractivity contribution is 8.03. The number of carboxylic acid groups (broad SMARTS) is 2. The smallest absolute Gasteiger partial charge is 0.353 e. The van der Waals surface area contributed by atoms with Crippen molar-refractivity contribution in [2.24, 2.45) is 17.0 Å². The van der Waals surface area contributed by atoms with E-state index in [1.165, 1.54) is 22.9 Å². The summed E-state index contributed by atoms with van der Waals surface area (Å²) in [5.41, 5.74) is -0.219. The van der Waals surface area contributed by atoms with Crippen molar-refractivity contribution >= 4 is 56.4 Å². The van der Waals surface area contributed by atoms with E-state index in [0.29, 0.717) is 47.9 Å². The molecule has 290 valence electrons. The van der Waals surface area contributed by atoms with Crippen LogP contribution in [0.25, 0.3) is 10.9 Å². The number of carbonyl (C=O) groups excluding carboxylic acids is 1. The molecule has 0 saturated carbocycles. The summed E-state index contributed by atoms with van der Waals surface area (Å²) in [6.07, 6.45) is 1.15. The number of ether oxygens (including phenoxy) is 1. The van der Waals surface area contributed by atoms with Gasteiger partial charge in [-0.2, -0.15) is 8.42 Å². The maximum Gasteiger partial charge on any atom is 0.353 e. The van der Waals surface area contributed by atoms with Crippen LogP contribution in [0.4, 0.5) is 10.1 Å². The van der Waals surface area contributed by atoms with E-state index in [2.05, 4.69) is 14.9 Å². The number of hydrogen-bond acceptors (Lipinski definition) is 12. The van der Waals surface area contributed by atoms with E-state index in [1.807, 2.05) is 25.8 Å². The van der Waals surface area contributed by atoms with Gasteiger partial charge in [0.05, 0.1) is 35.0 Å². The maximum absolute atomic E-state index is 15.0. The van der Waals surface area contributed by atoms with Crippen LogP contribution in [0.3, 0.4) is 0 Å². The number of aromatic carboxylic acids is 1. The van der Waals surface area contributed by atoms with E-state index in [0.717, 1.165) is 19.2 Å². The Bertz CT molecular complexity index is 2040. The third-order valence-corrected chi connectivity index (χ3v) is 12.6. The third kappa shape index (κ3) is 7.37. The number of nitrogens with two attached hydrogens (primary N) is 1. The van der Waals surface area contributed by atoms with E-state index < -0.39 is 45.4 Å². The van der Waals surface area contributed by atoms with Gasteiger partial charge in [-0.3, -0.25) is 9.59 Å². The quantitative estimate of drug-likeness (QED) is 0.183. The summed E-state index contributed by atoms with van der Waals surface area (Å²) >= 11 is 1.41. The van der Waals surface area contributed by atoms with Crippen molar-refractivity contribution in [1.29, 1.82) is 0 Å². The number of hydrogen-bond donors (Lipinski definition) is 6. The predicted octanol–water partition coefficient (Wildman–Crippen LogP) is -0.0591. The number of nitrogens with zero attached hydrogens (tertiary/aromatic N) is 4. The fraction of sp³-hybridized carbons (Fsp3) is 0.576. The first kappa shape index (κ1) is 38.9. The van der Waals surface area contributed by atoms with Gasteiger partial charge in [0.1, 0.15) is 23.6 Å². The number of pyridine rings is 1. The van der Waals surface area contributed by atoms with Crippen LogP contribution in [0, 0.1) is 17.7 Å². The number of anilines is 1. The molecule has 6 heterocycles. The number of aliphatic hydroxyl groups is 1. The van der Waals surface area contributed by atoms with E-state index in [1.54, 1.807) is 11.5 Å². The van der Waals surface area contributed by atoms with Gasteiger partial charge in [-0.1, -0.05) is 6.92 Å². The summed E-state index contributed by atoms with van der Waals surface area (Å²) in [6.45, 7) is 9.24. The van der Waals surface area contributed by atoms with E-state index in [9.17, 15) is 47.3 Å². The van der Waals surface area contributed by atoms with Crippen molar-refractivity contribution in [3.63, 3.8) is 0 Å². The predicted molar refractivity (Wildman–Crippen MR) is 194 cm³/mol. The summed E-state index contributed by atoms with van der Waals surface area (Å²) in [5, 5.41) is 37.0. The summed E-state index contributed by atoms with van der Waals surface area (Å²) in [7, 11) is -1.74. The Balaban J connectivity index is 0.000000181. The van der Waals surface area contributed by atoms with Crippen LogP contribution in [0.15, 0.2) is 27.7 Å². The van der Waals surface area contributed by atoms with Crippen molar-refractivity contribution < 1.29 is 47.2 Å². The van der Waals surface area contributed by atoms with Gasteiger partial charge in [-0.15, -0.1) is 11.8 Å². The highest BCUT2D eigenvalue weighted by atomic mass is 32.2. The largest absolute Gasteiger partial charge is 0.487 e. The zero-order valence-corrected chi connectivity index (χ0v) is 31.2. The first-order valence-electron chi connectivity index (χ1n) is 17.3. The fourth-order valence-electron chi connectivity index (χ4n) is 7.79. The third-order valence-electron chi connectivity index (χ3n) is 10.5. The summed E-state index contributed by atoms with van der Waals surface area (Å²) in [5.74, 6) is -3.81. The molecule has 3 saturated heterocycles. The van der Waals surface area contributed by atoms with Crippen LogP contribution in [0.1, 0.15) is 43.6 Å². The van der Waals surface area contributed by atoms with Gasteiger partial charge in [-0.05, 0) is 33.4 Å².